The lowest BCUT2D eigenvalue weighted by atomic mass is 10.1. The Balaban J connectivity index is 2.28. The molecule has 1 amide bonds. The number of carbonyl (C=O) groups is 1. The second-order valence-electron chi connectivity index (χ2n) is 3.83. The summed E-state index contributed by atoms with van der Waals surface area (Å²) in [6, 6.07) is 4.40. The van der Waals surface area contributed by atoms with Gasteiger partial charge in [-0.05, 0) is 28.7 Å². The molecule has 0 N–H and O–H groups in total. The van der Waals surface area contributed by atoms with E-state index in [4.69, 9.17) is 0 Å². The van der Waals surface area contributed by atoms with Crippen LogP contribution in [0.3, 0.4) is 0 Å². The molecule has 1 saturated heterocycles. The van der Waals surface area contributed by atoms with Crippen molar-refractivity contribution >= 4 is 45.9 Å². The van der Waals surface area contributed by atoms with E-state index in [-0.39, 0.29) is 11.6 Å². The molecular weight excluding hydrogens is 367 g/mol. The molecule has 0 aromatic heterocycles. The van der Waals surface area contributed by atoms with Crippen LogP contribution in [0.4, 0.5) is 5.69 Å². The van der Waals surface area contributed by atoms with Crippen molar-refractivity contribution in [2.24, 2.45) is 0 Å². The molecule has 0 atom stereocenters. The monoisotopic (exact) mass is 378 g/mol. The Morgan fingerprint density at radius 1 is 1.39 bits per heavy atom. The summed E-state index contributed by atoms with van der Waals surface area (Å²) >= 11 is 3.86. The molecule has 1 aliphatic heterocycles. The predicted octanol–water partition coefficient (Wildman–Crippen LogP) is 2.39. The number of nitro groups is 1. The van der Waals surface area contributed by atoms with E-state index < -0.39 is 4.92 Å². The quantitative estimate of drug-likeness (QED) is 0.451. The van der Waals surface area contributed by atoms with E-state index in [0.717, 1.165) is 15.1 Å². The molecule has 0 bridgehead atoms. The zero-order valence-corrected chi connectivity index (χ0v) is 12.4. The molecule has 0 radical (unpaired) electrons. The van der Waals surface area contributed by atoms with Gasteiger partial charge in [-0.15, -0.1) is 0 Å². The predicted molar refractivity (Wildman–Crippen MR) is 79.0 cm³/mol. The van der Waals surface area contributed by atoms with Crippen LogP contribution in [0.15, 0.2) is 18.2 Å². The minimum Gasteiger partial charge on any atom is -0.337 e. The maximum absolute atomic E-state index is 12.3. The van der Waals surface area contributed by atoms with Gasteiger partial charge in [0.1, 0.15) is 0 Å². The first-order chi connectivity index (χ1) is 8.59. The molecule has 2 rings (SSSR count). The normalized spacial score (nSPS) is 15.5. The van der Waals surface area contributed by atoms with Crippen LogP contribution in [0.5, 0.6) is 0 Å². The highest BCUT2D eigenvalue weighted by Crippen LogP contribution is 2.22. The highest BCUT2D eigenvalue weighted by molar-refractivity contribution is 14.1. The number of hydrogen-bond donors (Lipinski definition) is 0. The summed E-state index contributed by atoms with van der Waals surface area (Å²) in [6.07, 6.45) is 0. The summed E-state index contributed by atoms with van der Waals surface area (Å²) in [5, 5.41) is 10.7. The molecule has 1 aliphatic rings. The molecule has 0 saturated carbocycles. The van der Waals surface area contributed by atoms with Crippen LogP contribution in [0.1, 0.15) is 10.4 Å². The third-order valence-electron chi connectivity index (χ3n) is 2.69. The molecule has 1 heterocycles. The summed E-state index contributed by atoms with van der Waals surface area (Å²) < 4.78 is 0.751. The number of amides is 1. The number of benzene rings is 1. The van der Waals surface area contributed by atoms with Crippen molar-refractivity contribution in [1.29, 1.82) is 0 Å². The minimum absolute atomic E-state index is 0.0369. The van der Waals surface area contributed by atoms with Gasteiger partial charge in [-0.1, -0.05) is 0 Å². The Morgan fingerprint density at radius 2 is 2.06 bits per heavy atom. The fourth-order valence-electron chi connectivity index (χ4n) is 1.73. The van der Waals surface area contributed by atoms with E-state index in [2.05, 4.69) is 0 Å². The molecular formula is C11H11IN2O3S. The third-order valence-corrected chi connectivity index (χ3v) is 4.57. The number of nitro benzene ring substituents is 1. The SMILES string of the molecule is O=C(c1cc([N+](=O)[O-])ccc1I)N1CCSCC1. The number of hydrogen-bond acceptors (Lipinski definition) is 4. The molecule has 7 heteroatoms. The lowest BCUT2D eigenvalue weighted by Crippen LogP contribution is -2.38. The van der Waals surface area contributed by atoms with Gasteiger partial charge in [-0.3, -0.25) is 14.9 Å². The largest absolute Gasteiger partial charge is 0.337 e. The first-order valence-corrected chi connectivity index (χ1v) is 7.64. The fraction of sp³-hybridized carbons (Fsp3) is 0.364. The van der Waals surface area contributed by atoms with Gasteiger partial charge in [0.05, 0.1) is 10.5 Å². The second-order valence-corrected chi connectivity index (χ2v) is 6.21. The third kappa shape index (κ3) is 2.94. The second kappa shape index (κ2) is 5.87. The topological polar surface area (TPSA) is 63.4 Å². The standard InChI is InChI=1S/C11H11IN2O3S/c12-10-2-1-8(14(16)17)7-9(10)11(15)13-3-5-18-6-4-13/h1-2,7H,3-6H2. The van der Waals surface area contributed by atoms with Gasteiger partial charge in [0.15, 0.2) is 0 Å². The number of halogens is 1. The van der Waals surface area contributed by atoms with Crippen LogP contribution >= 0.6 is 34.4 Å². The molecule has 0 aliphatic carbocycles. The number of non-ortho nitro benzene ring substituents is 1. The summed E-state index contributed by atoms with van der Waals surface area (Å²) in [5.74, 6) is 1.75. The maximum Gasteiger partial charge on any atom is 0.270 e. The van der Waals surface area contributed by atoms with Crippen molar-refractivity contribution in [3.05, 3.63) is 37.4 Å². The van der Waals surface area contributed by atoms with Gasteiger partial charge in [0, 0.05) is 40.3 Å². The first kappa shape index (κ1) is 13.6. The summed E-state index contributed by atoms with van der Waals surface area (Å²) in [4.78, 5) is 24.3. The molecule has 0 spiro atoms. The maximum atomic E-state index is 12.3. The van der Waals surface area contributed by atoms with Crippen molar-refractivity contribution in [2.45, 2.75) is 0 Å². The first-order valence-electron chi connectivity index (χ1n) is 5.40. The summed E-state index contributed by atoms with van der Waals surface area (Å²) in [6.45, 7) is 1.42. The van der Waals surface area contributed by atoms with Crippen molar-refractivity contribution in [3.63, 3.8) is 0 Å². The Hall–Kier alpha value is -0.830. The highest BCUT2D eigenvalue weighted by atomic mass is 127. The average Bonchev–Trinajstić information content (AvgIpc) is 2.39. The van der Waals surface area contributed by atoms with Crippen LogP contribution in [0, 0.1) is 13.7 Å². The van der Waals surface area contributed by atoms with Gasteiger partial charge in [0.2, 0.25) is 0 Å². The van der Waals surface area contributed by atoms with Gasteiger partial charge in [-0.2, -0.15) is 11.8 Å². The highest BCUT2D eigenvalue weighted by Gasteiger charge is 2.22. The van der Waals surface area contributed by atoms with Crippen molar-refractivity contribution in [2.75, 3.05) is 24.6 Å². The average molecular weight is 378 g/mol. The van der Waals surface area contributed by atoms with Crippen molar-refractivity contribution in [1.82, 2.24) is 4.90 Å². The summed E-state index contributed by atoms with van der Waals surface area (Å²) in [7, 11) is 0. The van der Waals surface area contributed by atoms with Gasteiger partial charge < -0.3 is 4.90 Å². The van der Waals surface area contributed by atoms with Crippen LogP contribution in [-0.4, -0.2) is 40.3 Å². The zero-order valence-electron chi connectivity index (χ0n) is 9.47. The lowest BCUT2D eigenvalue weighted by molar-refractivity contribution is -0.384. The van der Waals surface area contributed by atoms with Gasteiger partial charge in [0.25, 0.3) is 11.6 Å². The molecule has 0 unspecified atom stereocenters. The van der Waals surface area contributed by atoms with E-state index in [0.29, 0.717) is 18.7 Å². The molecule has 1 aromatic rings. The van der Waals surface area contributed by atoms with E-state index in [9.17, 15) is 14.9 Å². The number of nitrogens with zero attached hydrogens (tertiary/aromatic N) is 2. The fourth-order valence-corrected chi connectivity index (χ4v) is 3.20. The minimum atomic E-state index is -0.473. The van der Waals surface area contributed by atoms with Crippen LogP contribution < -0.4 is 0 Å². The smallest absolute Gasteiger partial charge is 0.270 e. The molecule has 96 valence electrons. The number of rotatable bonds is 2. The molecule has 1 fully saturated rings. The van der Waals surface area contributed by atoms with Crippen LogP contribution in [0.25, 0.3) is 0 Å². The van der Waals surface area contributed by atoms with E-state index >= 15 is 0 Å². The van der Waals surface area contributed by atoms with Crippen LogP contribution in [-0.2, 0) is 0 Å². The Bertz CT molecular complexity index is 489. The van der Waals surface area contributed by atoms with E-state index in [1.54, 1.807) is 11.0 Å². The Labute approximate surface area is 122 Å². The number of carbonyl (C=O) groups excluding carboxylic acids is 1. The van der Waals surface area contributed by atoms with Gasteiger partial charge in [-0.25, -0.2) is 0 Å². The Morgan fingerprint density at radius 3 is 2.67 bits per heavy atom. The summed E-state index contributed by atoms with van der Waals surface area (Å²) in [5.41, 5.74) is 0.391. The molecule has 18 heavy (non-hydrogen) atoms. The van der Waals surface area contributed by atoms with E-state index in [1.165, 1.54) is 12.1 Å². The van der Waals surface area contributed by atoms with E-state index in [1.807, 2.05) is 34.4 Å². The number of thioether (sulfide) groups is 1. The lowest BCUT2D eigenvalue weighted by Gasteiger charge is -2.26. The molecule has 1 aromatic carbocycles. The van der Waals surface area contributed by atoms with Crippen molar-refractivity contribution in [3.8, 4) is 0 Å². The van der Waals surface area contributed by atoms with Crippen molar-refractivity contribution < 1.29 is 9.72 Å². The molecule has 5 nitrogen and oxygen atoms in total. The zero-order chi connectivity index (χ0) is 13.1. The van der Waals surface area contributed by atoms with Crippen LogP contribution in [0.2, 0.25) is 0 Å². The van der Waals surface area contributed by atoms with Gasteiger partial charge >= 0.3 is 0 Å². The Kier molecular flexibility index (Phi) is 4.44.